The summed E-state index contributed by atoms with van der Waals surface area (Å²) in [6.07, 6.45) is 1.33. The van der Waals surface area contributed by atoms with Crippen LogP contribution < -0.4 is 4.74 Å². The Kier molecular flexibility index (Phi) is 4.97. The van der Waals surface area contributed by atoms with Gasteiger partial charge in [0.2, 0.25) is 0 Å². The maximum Gasteiger partial charge on any atom is 0.271 e. The van der Waals surface area contributed by atoms with E-state index in [0.29, 0.717) is 35.9 Å². The van der Waals surface area contributed by atoms with E-state index in [4.69, 9.17) is 4.74 Å². The number of fused-ring (bicyclic) bond motifs is 1. The van der Waals surface area contributed by atoms with Crippen LogP contribution in [-0.2, 0) is 10.0 Å². The highest BCUT2D eigenvalue weighted by Crippen LogP contribution is 2.30. The summed E-state index contributed by atoms with van der Waals surface area (Å²) in [5.41, 5.74) is 0.357. The van der Waals surface area contributed by atoms with Gasteiger partial charge in [0.15, 0.2) is 0 Å². The van der Waals surface area contributed by atoms with Crippen LogP contribution in [0.4, 0.5) is 8.78 Å². The molecule has 0 saturated carbocycles. The van der Waals surface area contributed by atoms with Crippen LogP contribution in [0, 0.1) is 11.6 Å². The van der Waals surface area contributed by atoms with Gasteiger partial charge in [-0.15, -0.1) is 0 Å². The second-order valence-electron chi connectivity index (χ2n) is 6.03. The van der Waals surface area contributed by atoms with Gasteiger partial charge >= 0.3 is 0 Å². The van der Waals surface area contributed by atoms with Gasteiger partial charge in [0.25, 0.3) is 10.0 Å². The van der Waals surface area contributed by atoms with E-state index in [1.54, 1.807) is 24.3 Å². The molecule has 0 aliphatic carbocycles. The molecular formula is C18H18F2N2O3S. The van der Waals surface area contributed by atoms with Gasteiger partial charge < -0.3 is 9.64 Å². The van der Waals surface area contributed by atoms with Crippen molar-refractivity contribution in [2.75, 3.05) is 27.2 Å². The van der Waals surface area contributed by atoms with Gasteiger partial charge in [0.1, 0.15) is 28.9 Å². The number of likely N-dealkylation sites (N-methyl/N-ethyl adjacent to an activating group) is 1. The Balaban J connectivity index is 2.03. The number of ether oxygens (including phenoxy) is 1. The lowest BCUT2D eigenvalue weighted by atomic mass is 10.2. The van der Waals surface area contributed by atoms with Crippen molar-refractivity contribution in [2.45, 2.75) is 4.90 Å². The first-order valence-electron chi connectivity index (χ1n) is 7.89. The summed E-state index contributed by atoms with van der Waals surface area (Å²) in [4.78, 5) is 1.38. The Morgan fingerprint density at radius 2 is 1.88 bits per heavy atom. The molecule has 0 aliphatic heterocycles. The smallest absolute Gasteiger partial charge is 0.271 e. The van der Waals surface area contributed by atoms with E-state index in [2.05, 4.69) is 0 Å². The van der Waals surface area contributed by atoms with Gasteiger partial charge in [0, 0.05) is 24.2 Å². The molecule has 0 atom stereocenters. The van der Waals surface area contributed by atoms with Crippen molar-refractivity contribution >= 4 is 20.9 Å². The number of hydrogen-bond donors (Lipinski definition) is 0. The van der Waals surface area contributed by atoms with Crippen LogP contribution in [0.1, 0.15) is 0 Å². The largest absolute Gasteiger partial charge is 0.492 e. The maximum absolute atomic E-state index is 14.0. The zero-order valence-corrected chi connectivity index (χ0v) is 15.1. The highest BCUT2D eigenvalue weighted by atomic mass is 32.2. The van der Waals surface area contributed by atoms with Gasteiger partial charge in [-0.05, 0) is 44.4 Å². The van der Waals surface area contributed by atoms with Gasteiger partial charge in [0.05, 0.1) is 5.52 Å². The minimum atomic E-state index is -4.21. The van der Waals surface area contributed by atoms with Crippen molar-refractivity contribution < 1.29 is 21.9 Å². The molecule has 0 N–H and O–H groups in total. The Morgan fingerprint density at radius 3 is 2.58 bits per heavy atom. The fourth-order valence-corrected chi connectivity index (χ4v) is 3.98. The lowest BCUT2D eigenvalue weighted by molar-refractivity contribution is 0.263. The third kappa shape index (κ3) is 3.42. The first-order valence-corrected chi connectivity index (χ1v) is 9.33. The molecule has 3 rings (SSSR count). The number of hydrogen-bond acceptors (Lipinski definition) is 4. The molecule has 1 aromatic heterocycles. The summed E-state index contributed by atoms with van der Waals surface area (Å²) >= 11 is 0. The second-order valence-corrected chi connectivity index (χ2v) is 7.82. The predicted octanol–water partition coefficient (Wildman–Crippen LogP) is 3.10. The van der Waals surface area contributed by atoms with Crippen LogP contribution in [-0.4, -0.2) is 44.5 Å². The normalized spacial score (nSPS) is 12.0. The van der Waals surface area contributed by atoms with Crippen LogP contribution >= 0.6 is 0 Å². The number of nitrogens with zero attached hydrogens (tertiary/aromatic N) is 2. The van der Waals surface area contributed by atoms with Crippen LogP contribution in [0.2, 0.25) is 0 Å². The summed E-state index contributed by atoms with van der Waals surface area (Å²) in [7, 11) is -0.367. The van der Waals surface area contributed by atoms with Gasteiger partial charge in [-0.1, -0.05) is 6.07 Å². The Labute approximate surface area is 150 Å². The lowest BCUT2D eigenvalue weighted by Gasteiger charge is -2.12. The van der Waals surface area contributed by atoms with E-state index >= 15 is 0 Å². The van der Waals surface area contributed by atoms with Crippen molar-refractivity contribution in [3.63, 3.8) is 0 Å². The van der Waals surface area contributed by atoms with Gasteiger partial charge in [-0.3, -0.25) is 0 Å². The Bertz CT molecular complexity index is 1050. The SMILES string of the molecule is CN(C)CCOc1cccc2c1ccn2S(=O)(=O)c1ccc(F)cc1F. The Hall–Kier alpha value is -2.45. The number of benzene rings is 2. The molecule has 0 radical (unpaired) electrons. The third-order valence-electron chi connectivity index (χ3n) is 3.88. The summed E-state index contributed by atoms with van der Waals surface area (Å²) in [5, 5.41) is 0.595. The highest BCUT2D eigenvalue weighted by molar-refractivity contribution is 7.90. The van der Waals surface area contributed by atoms with Crippen molar-refractivity contribution in [3.8, 4) is 5.75 Å². The van der Waals surface area contributed by atoms with Crippen LogP contribution in [0.5, 0.6) is 5.75 Å². The number of halogens is 2. The quantitative estimate of drug-likeness (QED) is 0.659. The Morgan fingerprint density at radius 1 is 1.12 bits per heavy atom. The van der Waals surface area contributed by atoms with Crippen LogP contribution in [0.25, 0.3) is 10.9 Å². The average molecular weight is 380 g/mol. The van der Waals surface area contributed by atoms with E-state index in [-0.39, 0.29) is 0 Å². The monoisotopic (exact) mass is 380 g/mol. The van der Waals surface area contributed by atoms with Crippen molar-refractivity contribution in [3.05, 3.63) is 60.3 Å². The van der Waals surface area contributed by atoms with Gasteiger partial charge in [-0.25, -0.2) is 21.2 Å². The summed E-state index contributed by atoms with van der Waals surface area (Å²) < 4.78 is 59.4. The molecule has 0 fully saturated rings. The van der Waals surface area contributed by atoms with Gasteiger partial charge in [-0.2, -0.15) is 0 Å². The number of rotatable bonds is 6. The predicted molar refractivity (Wildman–Crippen MR) is 94.9 cm³/mol. The molecule has 0 aliphatic rings. The molecule has 138 valence electrons. The van der Waals surface area contributed by atoms with E-state index in [9.17, 15) is 17.2 Å². The zero-order valence-electron chi connectivity index (χ0n) is 14.3. The van der Waals surface area contributed by atoms with E-state index in [1.165, 1.54) is 6.20 Å². The summed E-state index contributed by atoms with van der Waals surface area (Å²) in [6.45, 7) is 1.15. The molecule has 8 heteroatoms. The molecule has 2 aromatic carbocycles. The molecule has 3 aromatic rings. The fourth-order valence-electron chi connectivity index (χ4n) is 2.58. The highest BCUT2D eigenvalue weighted by Gasteiger charge is 2.23. The molecule has 0 spiro atoms. The molecule has 26 heavy (non-hydrogen) atoms. The molecule has 0 saturated heterocycles. The van der Waals surface area contributed by atoms with E-state index in [0.717, 1.165) is 16.1 Å². The minimum absolute atomic E-state index is 0.357. The molecular weight excluding hydrogens is 362 g/mol. The number of aromatic nitrogens is 1. The molecule has 1 heterocycles. The van der Waals surface area contributed by atoms with Crippen molar-refractivity contribution in [2.24, 2.45) is 0 Å². The van der Waals surface area contributed by atoms with E-state index in [1.807, 2.05) is 19.0 Å². The molecule has 0 unspecified atom stereocenters. The fraction of sp³-hybridized carbons (Fsp3) is 0.222. The third-order valence-corrected chi connectivity index (χ3v) is 5.61. The van der Waals surface area contributed by atoms with Crippen LogP contribution in [0.3, 0.4) is 0 Å². The van der Waals surface area contributed by atoms with Crippen molar-refractivity contribution in [1.82, 2.24) is 8.87 Å². The van der Waals surface area contributed by atoms with E-state index < -0.39 is 26.6 Å². The van der Waals surface area contributed by atoms with Crippen molar-refractivity contribution in [1.29, 1.82) is 0 Å². The standard InChI is InChI=1S/C18H18F2N2O3S/c1-21(2)10-11-25-17-5-3-4-16-14(17)8-9-22(16)26(23,24)18-7-6-13(19)12-15(18)20/h3-9,12H,10-11H2,1-2H3. The second kappa shape index (κ2) is 7.05. The molecule has 5 nitrogen and oxygen atoms in total. The first kappa shape index (κ1) is 18.3. The van der Waals surface area contributed by atoms with Crippen LogP contribution in [0.15, 0.2) is 53.6 Å². The maximum atomic E-state index is 14.0. The summed E-state index contributed by atoms with van der Waals surface area (Å²) in [5.74, 6) is -1.43. The average Bonchev–Trinajstić information content (AvgIpc) is 3.00. The molecule has 0 bridgehead atoms. The summed E-state index contributed by atoms with van der Waals surface area (Å²) in [6, 6.07) is 9.00. The zero-order chi connectivity index (χ0) is 18.9. The lowest BCUT2D eigenvalue weighted by Crippen LogP contribution is -2.19. The molecule has 0 amide bonds. The minimum Gasteiger partial charge on any atom is -0.492 e. The first-order chi connectivity index (χ1) is 12.3. The topological polar surface area (TPSA) is 51.5 Å².